The number of halogens is 2. The largest absolute Gasteiger partial charge is 0.302 e. The van der Waals surface area contributed by atoms with Gasteiger partial charge in [-0.05, 0) is 51.5 Å². The van der Waals surface area contributed by atoms with Crippen LogP contribution in [0, 0.1) is 13.8 Å². The van der Waals surface area contributed by atoms with Crippen LogP contribution in [0.4, 0.5) is 0 Å². The highest BCUT2D eigenvalue weighted by Crippen LogP contribution is 2.33. The Labute approximate surface area is 137 Å². The number of hydrogen-bond donors (Lipinski definition) is 1. The zero-order valence-corrected chi connectivity index (χ0v) is 15.2. The maximum atomic E-state index is 6.39. The van der Waals surface area contributed by atoms with E-state index in [0.717, 1.165) is 25.8 Å². The molecule has 5 heteroatoms. The highest BCUT2D eigenvalue weighted by molar-refractivity contribution is 9.10. The molecule has 0 amide bonds. The Hall–Kier alpha value is -0.420. The summed E-state index contributed by atoms with van der Waals surface area (Å²) in [6.45, 7) is 8.41. The van der Waals surface area contributed by atoms with Crippen LogP contribution in [0.15, 0.2) is 22.7 Å². The molecule has 0 saturated carbocycles. The first kappa shape index (κ1) is 16.0. The molecule has 1 heterocycles. The molecule has 2 aromatic rings. The van der Waals surface area contributed by atoms with Gasteiger partial charge in [0.25, 0.3) is 0 Å². The Balaban J connectivity index is 2.49. The fourth-order valence-electron chi connectivity index (χ4n) is 1.98. The van der Waals surface area contributed by atoms with Crippen LogP contribution in [-0.2, 0) is 0 Å². The number of thiazole rings is 1. The Kier molecular flexibility index (Phi) is 5.24. The van der Waals surface area contributed by atoms with Crippen molar-refractivity contribution in [2.24, 2.45) is 0 Å². The first-order chi connectivity index (χ1) is 9.38. The van der Waals surface area contributed by atoms with E-state index in [0.29, 0.717) is 6.04 Å². The summed E-state index contributed by atoms with van der Waals surface area (Å²) >= 11 is 11.6. The van der Waals surface area contributed by atoms with Gasteiger partial charge in [-0.15, -0.1) is 11.3 Å². The third kappa shape index (κ3) is 3.61. The number of benzene rings is 1. The summed E-state index contributed by atoms with van der Waals surface area (Å²) in [6.07, 6.45) is 0. The number of nitrogens with zero attached hydrogens (tertiary/aromatic N) is 1. The van der Waals surface area contributed by atoms with Gasteiger partial charge < -0.3 is 5.32 Å². The second kappa shape index (κ2) is 6.56. The van der Waals surface area contributed by atoms with Gasteiger partial charge in [0.05, 0.1) is 11.7 Å². The van der Waals surface area contributed by atoms with Gasteiger partial charge in [-0.1, -0.05) is 27.5 Å². The summed E-state index contributed by atoms with van der Waals surface area (Å²) in [5.74, 6) is 0. The zero-order valence-electron chi connectivity index (χ0n) is 12.0. The van der Waals surface area contributed by atoms with Crippen LogP contribution in [0.25, 0.3) is 0 Å². The molecule has 0 aliphatic heterocycles. The third-order valence-electron chi connectivity index (χ3n) is 3.06. The average molecular weight is 374 g/mol. The van der Waals surface area contributed by atoms with Gasteiger partial charge in [0.2, 0.25) is 0 Å². The lowest BCUT2D eigenvalue weighted by Crippen LogP contribution is -2.29. The van der Waals surface area contributed by atoms with Gasteiger partial charge in [0.1, 0.15) is 5.01 Å². The SMILES string of the molecule is Cc1nc(C(NC(C)C)c2cc(Br)ccc2Cl)sc1C. The number of nitrogens with one attached hydrogen (secondary N) is 1. The maximum absolute atomic E-state index is 6.39. The van der Waals surface area contributed by atoms with Crippen molar-refractivity contribution in [1.82, 2.24) is 10.3 Å². The Morgan fingerprint density at radius 2 is 2.00 bits per heavy atom. The summed E-state index contributed by atoms with van der Waals surface area (Å²) in [5, 5.41) is 5.39. The van der Waals surface area contributed by atoms with Crippen molar-refractivity contribution in [3.05, 3.63) is 48.8 Å². The van der Waals surface area contributed by atoms with Gasteiger partial charge in [0, 0.05) is 20.4 Å². The zero-order chi connectivity index (χ0) is 14.9. The monoisotopic (exact) mass is 372 g/mol. The molecule has 1 atom stereocenters. The number of rotatable bonds is 4. The summed E-state index contributed by atoms with van der Waals surface area (Å²) in [6, 6.07) is 6.31. The van der Waals surface area contributed by atoms with Gasteiger partial charge in [-0.2, -0.15) is 0 Å². The number of aromatic nitrogens is 1. The number of aryl methyl sites for hydroxylation is 2. The van der Waals surface area contributed by atoms with E-state index in [4.69, 9.17) is 16.6 Å². The van der Waals surface area contributed by atoms with Crippen LogP contribution >= 0.6 is 38.9 Å². The molecule has 0 saturated heterocycles. The van der Waals surface area contributed by atoms with E-state index in [1.54, 1.807) is 11.3 Å². The molecule has 0 aliphatic carbocycles. The molecule has 1 aromatic carbocycles. The fourth-order valence-corrected chi connectivity index (χ4v) is 3.59. The lowest BCUT2D eigenvalue weighted by atomic mass is 10.1. The molecule has 0 spiro atoms. The minimum Gasteiger partial charge on any atom is -0.302 e. The van der Waals surface area contributed by atoms with Crippen LogP contribution in [0.1, 0.15) is 41.0 Å². The summed E-state index contributed by atoms with van der Waals surface area (Å²) < 4.78 is 1.03. The van der Waals surface area contributed by atoms with Crippen LogP contribution in [0.2, 0.25) is 5.02 Å². The lowest BCUT2D eigenvalue weighted by Gasteiger charge is -2.21. The maximum Gasteiger partial charge on any atom is 0.115 e. The quantitative estimate of drug-likeness (QED) is 0.790. The molecule has 0 bridgehead atoms. The third-order valence-corrected chi connectivity index (χ3v) is 5.04. The molecule has 1 N–H and O–H groups in total. The van der Waals surface area contributed by atoms with Crippen molar-refractivity contribution in [3.63, 3.8) is 0 Å². The van der Waals surface area contributed by atoms with E-state index in [2.05, 4.69) is 48.1 Å². The normalized spacial score (nSPS) is 12.9. The Morgan fingerprint density at radius 3 is 2.55 bits per heavy atom. The Morgan fingerprint density at radius 1 is 1.30 bits per heavy atom. The predicted octanol–water partition coefficient (Wildman–Crippen LogP) is 5.26. The van der Waals surface area contributed by atoms with E-state index < -0.39 is 0 Å². The van der Waals surface area contributed by atoms with Gasteiger partial charge in [0.15, 0.2) is 0 Å². The van der Waals surface area contributed by atoms with Crippen molar-refractivity contribution in [2.75, 3.05) is 0 Å². The van der Waals surface area contributed by atoms with Crippen LogP contribution in [0.5, 0.6) is 0 Å². The molecule has 1 unspecified atom stereocenters. The molecule has 1 aromatic heterocycles. The molecule has 108 valence electrons. The van der Waals surface area contributed by atoms with Gasteiger partial charge in [-0.3, -0.25) is 0 Å². The van der Waals surface area contributed by atoms with E-state index in [1.807, 2.05) is 19.1 Å². The molecule has 0 fully saturated rings. The summed E-state index contributed by atoms with van der Waals surface area (Å²) in [5.41, 5.74) is 2.15. The van der Waals surface area contributed by atoms with Crippen molar-refractivity contribution < 1.29 is 0 Å². The van der Waals surface area contributed by atoms with Crippen molar-refractivity contribution in [3.8, 4) is 0 Å². The Bertz CT molecular complexity index is 590. The second-order valence-corrected chi connectivity index (χ2v) is 7.67. The molecule has 0 aliphatic rings. The fraction of sp³-hybridized carbons (Fsp3) is 0.400. The topological polar surface area (TPSA) is 24.9 Å². The number of hydrogen-bond acceptors (Lipinski definition) is 3. The average Bonchev–Trinajstić information content (AvgIpc) is 2.69. The summed E-state index contributed by atoms with van der Waals surface area (Å²) in [7, 11) is 0. The second-order valence-electron chi connectivity index (χ2n) is 5.11. The van der Waals surface area contributed by atoms with Crippen LogP contribution in [0.3, 0.4) is 0 Å². The minimum absolute atomic E-state index is 0.0254. The molecular weight excluding hydrogens is 356 g/mol. The minimum atomic E-state index is 0.0254. The van der Waals surface area contributed by atoms with Crippen molar-refractivity contribution >= 4 is 38.9 Å². The van der Waals surface area contributed by atoms with Gasteiger partial charge >= 0.3 is 0 Å². The highest BCUT2D eigenvalue weighted by Gasteiger charge is 2.22. The summed E-state index contributed by atoms with van der Waals surface area (Å²) in [4.78, 5) is 5.94. The first-order valence-corrected chi connectivity index (χ1v) is 8.52. The van der Waals surface area contributed by atoms with Crippen LogP contribution < -0.4 is 5.32 Å². The van der Waals surface area contributed by atoms with E-state index in [-0.39, 0.29) is 6.04 Å². The molecular formula is C15H18BrClN2S. The predicted molar refractivity (Wildman–Crippen MR) is 90.9 cm³/mol. The highest BCUT2D eigenvalue weighted by atomic mass is 79.9. The molecule has 0 radical (unpaired) electrons. The van der Waals surface area contributed by atoms with Crippen molar-refractivity contribution in [2.45, 2.75) is 39.8 Å². The smallest absolute Gasteiger partial charge is 0.115 e. The standard InChI is InChI=1S/C15H18BrClN2S/c1-8(2)18-14(15-19-9(3)10(4)20-15)12-7-11(16)5-6-13(12)17/h5-8,14,18H,1-4H3. The van der Waals surface area contributed by atoms with E-state index in [9.17, 15) is 0 Å². The van der Waals surface area contributed by atoms with Crippen LogP contribution in [-0.4, -0.2) is 11.0 Å². The molecule has 2 nitrogen and oxygen atoms in total. The first-order valence-electron chi connectivity index (χ1n) is 6.53. The lowest BCUT2D eigenvalue weighted by molar-refractivity contribution is 0.526. The van der Waals surface area contributed by atoms with E-state index >= 15 is 0 Å². The van der Waals surface area contributed by atoms with Gasteiger partial charge in [-0.25, -0.2) is 4.98 Å². The van der Waals surface area contributed by atoms with E-state index in [1.165, 1.54) is 4.88 Å². The van der Waals surface area contributed by atoms with Crippen molar-refractivity contribution in [1.29, 1.82) is 0 Å². The molecule has 2 rings (SSSR count). The molecule has 20 heavy (non-hydrogen) atoms.